The van der Waals surface area contributed by atoms with Gasteiger partial charge in [0.05, 0.1) is 21.1 Å². The van der Waals surface area contributed by atoms with E-state index in [-0.39, 0.29) is 12.4 Å². The van der Waals surface area contributed by atoms with Crippen LogP contribution >= 0.6 is 0 Å². The van der Waals surface area contributed by atoms with Gasteiger partial charge in [-0.15, -0.1) is 0 Å². The van der Waals surface area contributed by atoms with E-state index in [9.17, 15) is 0 Å². The number of hydrogen-bond donors (Lipinski definition) is 1. The van der Waals surface area contributed by atoms with Crippen LogP contribution in [0.1, 0.15) is 20.8 Å². The minimum absolute atomic E-state index is 0. The molecule has 0 spiro atoms. The molecule has 0 unspecified atom stereocenters. The van der Waals surface area contributed by atoms with E-state index < -0.39 is 0 Å². The van der Waals surface area contributed by atoms with Gasteiger partial charge in [-0.05, 0) is 5.92 Å². The zero-order valence-corrected chi connectivity index (χ0v) is 8.21. The molecule has 0 fully saturated rings. The highest BCUT2D eigenvalue weighted by Gasteiger charge is 1.68. The monoisotopic (exact) mass is 153 g/mol. The SMILES string of the molecule is CC(C)C.C[NH+](C)C.[Cl-]. The molecule has 0 aromatic carbocycles. The summed E-state index contributed by atoms with van der Waals surface area (Å²) in [7, 11) is 6.25. The first kappa shape index (κ1) is 16.1. The summed E-state index contributed by atoms with van der Waals surface area (Å²) in [6, 6.07) is 0. The predicted molar refractivity (Wildman–Crippen MR) is 39.2 cm³/mol. The molecule has 0 heterocycles. The van der Waals surface area contributed by atoms with Crippen molar-refractivity contribution in [2.75, 3.05) is 21.1 Å². The largest absolute Gasteiger partial charge is 1.00 e. The maximum Gasteiger partial charge on any atom is 0.0661 e. The van der Waals surface area contributed by atoms with Gasteiger partial charge in [0.25, 0.3) is 0 Å². The van der Waals surface area contributed by atoms with Crippen molar-refractivity contribution >= 4 is 0 Å². The standard InChI is InChI=1S/C4H10.C3H9N.ClH/c2*1-4(2)3;/h4H,1-3H3;1-3H3;1H. The van der Waals surface area contributed by atoms with Gasteiger partial charge in [-0.1, -0.05) is 20.8 Å². The van der Waals surface area contributed by atoms with Crippen LogP contribution in [0.25, 0.3) is 0 Å². The fraction of sp³-hybridized carbons (Fsp3) is 1.00. The summed E-state index contributed by atoms with van der Waals surface area (Å²) in [6.07, 6.45) is 0. The lowest BCUT2D eigenvalue weighted by Gasteiger charge is -1.88. The molecule has 60 valence electrons. The Bertz CT molecular complexity index is 24.4. The fourth-order valence-corrected chi connectivity index (χ4v) is 0. The van der Waals surface area contributed by atoms with Gasteiger partial charge in [-0.25, -0.2) is 0 Å². The number of rotatable bonds is 0. The second-order valence-corrected chi connectivity index (χ2v) is 3.23. The average molecular weight is 154 g/mol. The molecular weight excluding hydrogens is 134 g/mol. The Labute approximate surface area is 65.8 Å². The summed E-state index contributed by atoms with van der Waals surface area (Å²) >= 11 is 0. The van der Waals surface area contributed by atoms with Gasteiger partial charge in [-0.3, -0.25) is 0 Å². The molecule has 0 rings (SSSR count). The molecule has 0 amide bonds. The quantitative estimate of drug-likeness (QED) is 0.390. The normalized spacial score (nSPS) is 8.00. The third kappa shape index (κ3) is 5160. The van der Waals surface area contributed by atoms with Gasteiger partial charge >= 0.3 is 0 Å². The molecular formula is C7H20ClN. The van der Waals surface area contributed by atoms with E-state index in [4.69, 9.17) is 0 Å². The van der Waals surface area contributed by atoms with E-state index in [1.807, 2.05) is 0 Å². The lowest BCUT2D eigenvalue weighted by molar-refractivity contribution is -0.836. The van der Waals surface area contributed by atoms with Crippen molar-refractivity contribution in [3.05, 3.63) is 0 Å². The maximum absolute atomic E-state index is 2.17. The summed E-state index contributed by atoms with van der Waals surface area (Å²) in [5.41, 5.74) is 0. The van der Waals surface area contributed by atoms with Crippen molar-refractivity contribution < 1.29 is 17.3 Å². The Morgan fingerprint density at radius 2 is 0.889 bits per heavy atom. The zero-order chi connectivity index (χ0) is 7.15. The van der Waals surface area contributed by atoms with Crippen LogP contribution in [-0.2, 0) is 0 Å². The first-order valence-corrected chi connectivity index (χ1v) is 3.23. The highest BCUT2D eigenvalue weighted by Crippen LogP contribution is 1.81. The lowest BCUT2D eigenvalue weighted by atomic mass is 10.3. The highest BCUT2D eigenvalue weighted by atomic mass is 35.5. The van der Waals surface area contributed by atoms with E-state index in [0.29, 0.717) is 0 Å². The van der Waals surface area contributed by atoms with Crippen molar-refractivity contribution in [2.45, 2.75) is 20.8 Å². The van der Waals surface area contributed by atoms with E-state index in [2.05, 4.69) is 41.9 Å². The number of hydrogen-bond acceptors (Lipinski definition) is 0. The van der Waals surface area contributed by atoms with Crippen LogP contribution in [0.5, 0.6) is 0 Å². The van der Waals surface area contributed by atoms with Crippen LogP contribution in [0.15, 0.2) is 0 Å². The predicted octanol–water partition coefficient (Wildman–Crippen LogP) is -2.57. The molecule has 0 aliphatic carbocycles. The Morgan fingerprint density at radius 3 is 0.889 bits per heavy atom. The topological polar surface area (TPSA) is 4.44 Å². The van der Waals surface area contributed by atoms with Crippen LogP contribution in [0.2, 0.25) is 0 Å². The first-order chi connectivity index (χ1) is 3.46. The van der Waals surface area contributed by atoms with Gasteiger partial charge in [-0.2, -0.15) is 0 Å². The van der Waals surface area contributed by atoms with Crippen molar-refractivity contribution in [3.8, 4) is 0 Å². The van der Waals surface area contributed by atoms with E-state index in [1.54, 1.807) is 0 Å². The number of halogens is 1. The van der Waals surface area contributed by atoms with Crippen LogP contribution in [0, 0.1) is 5.92 Å². The van der Waals surface area contributed by atoms with E-state index in [0.717, 1.165) is 5.92 Å². The van der Waals surface area contributed by atoms with Crippen LogP contribution in [0.3, 0.4) is 0 Å². The summed E-state index contributed by atoms with van der Waals surface area (Å²) in [4.78, 5) is 1.42. The van der Waals surface area contributed by atoms with Gasteiger partial charge in [0.1, 0.15) is 0 Å². The van der Waals surface area contributed by atoms with Crippen molar-refractivity contribution in [2.24, 2.45) is 5.92 Å². The van der Waals surface area contributed by atoms with E-state index in [1.165, 1.54) is 4.90 Å². The Kier molecular flexibility index (Phi) is 19.9. The molecule has 2 heteroatoms. The highest BCUT2D eigenvalue weighted by molar-refractivity contribution is 4.20. The van der Waals surface area contributed by atoms with Crippen LogP contribution in [0.4, 0.5) is 0 Å². The zero-order valence-electron chi connectivity index (χ0n) is 7.46. The summed E-state index contributed by atoms with van der Waals surface area (Å²) in [5.74, 6) is 0.833. The molecule has 1 nitrogen and oxygen atoms in total. The maximum atomic E-state index is 2.17. The summed E-state index contributed by atoms with van der Waals surface area (Å²) in [5, 5.41) is 0. The molecule has 0 atom stereocenters. The van der Waals surface area contributed by atoms with Crippen molar-refractivity contribution in [1.82, 2.24) is 0 Å². The minimum atomic E-state index is 0. The molecule has 0 radical (unpaired) electrons. The van der Waals surface area contributed by atoms with Gasteiger partial charge < -0.3 is 17.3 Å². The number of quaternary nitrogens is 1. The summed E-state index contributed by atoms with van der Waals surface area (Å²) in [6.45, 7) is 6.50. The van der Waals surface area contributed by atoms with E-state index >= 15 is 0 Å². The molecule has 0 bridgehead atoms. The fourth-order valence-electron chi connectivity index (χ4n) is 0. The van der Waals surface area contributed by atoms with Crippen LogP contribution < -0.4 is 17.3 Å². The molecule has 0 saturated carbocycles. The Balaban J connectivity index is -0.0000000720. The third-order valence-electron chi connectivity index (χ3n) is 0. The lowest BCUT2D eigenvalue weighted by Crippen LogP contribution is -3.02. The van der Waals surface area contributed by atoms with Crippen molar-refractivity contribution in [1.29, 1.82) is 0 Å². The smallest absolute Gasteiger partial charge is 0.0661 e. The first-order valence-electron chi connectivity index (χ1n) is 3.23. The molecule has 1 N–H and O–H groups in total. The minimum Gasteiger partial charge on any atom is -1.00 e. The Morgan fingerprint density at radius 1 is 0.889 bits per heavy atom. The Hall–Kier alpha value is 0.250. The third-order valence-corrected chi connectivity index (χ3v) is 0. The molecule has 0 aromatic heterocycles. The average Bonchev–Trinajstić information content (AvgIpc) is 1.25. The molecule has 9 heavy (non-hydrogen) atoms. The van der Waals surface area contributed by atoms with Gasteiger partial charge in [0, 0.05) is 0 Å². The second kappa shape index (κ2) is 11.1. The molecule has 0 saturated heterocycles. The van der Waals surface area contributed by atoms with Crippen molar-refractivity contribution in [3.63, 3.8) is 0 Å². The second-order valence-electron chi connectivity index (χ2n) is 3.23. The van der Waals surface area contributed by atoms with Gasteiger partial charge in [0.2, 0.25) is 0 Å². The molecule has 0 aliphatic heterocycles. The van der Waals surface area contributed by atoms with Gasteiger partial charge in [0.15, 0.2) is 0 Å². The molecule has 0 aliphatic rings. The van der Waals surface area contributed by atoms with Crippen LogP contribution in [-0.4, -0.2) is 21.1 Å². The molecule has 0 aromatic rings. The number of nitrogens with one attached hydrogen (secondary N) is 1. The summed E-state index contributed by atoms with van der Waals surface area (Å²) < 4.78 is 0.